The molecular formula is C9H11NO3. The number of nitrogens with zero attached hydrogens (tertiary/aromatic N) is 1. The van der Waals surface area contributed by atoms with Crippen molar-refractivity contribution in [2.24, 2.45) is 5.92 Å². The summed E-state index contributed by atoms with van der Waals surface area (Å²) in [5, 5.41) is 0. The average molecular weight is 181 g/mol. The Balaban J connectivity index is 2.87. The van der Waals surface area contributed by atoms with Crippen LogP contribution >= 0.6 is 0 Å². The standard InChI is InChI=1S/C9H11NO3/c1-6(2)7(5-11)10-8(12)3-4-9(10)13/h3-7H,1-2H3. The van der Waals surface area contributed by atoms with Gasteiger partial charge < -0.3 is 4.79 Å². The van der Waals surface area contributed by atoms with E-state index in [4.69, 9.17) is 0 Å². The molecule has 2 amide bonds. The van der Waals surface area contributed by atoms with Crippen molar-refractivity contribution in [3.63, 3.8) is 0 Å². The number of amides is 2. The maximum absolute atomic E-state index is 11.1. The highest BCUT2D eigenvalue weighted by molar-refractivity contribution is 6.14. The third-order valence-electron chi connectivity index (χ3n) is 1.96. The van der Waals surface area contributed by atoms with Crippen molar-refractivity contribution < 1.29 is 14.4 Å². The third-order valence-corrected chi connectivity index (χ3v) is 1.96. The molecule has 4 nitrogen and oxygen atoms in total. The van der Waals surface area contributed by atoms with Gasteiger partial charge in [0.05, 0.1) is 6.04 Å². The summed E-state index contributed by atoms with van der Waals surface area (Å²) in [5.74, 6) is -0.864. The van der Waals surface area contributed by atoms with E-state index in [9.17, 15) is 14.4 Å². The lowest BCUT2D eigenvalue weighted by Gasteiger charge is -2.23. The summed E-state index contributed by atoms with van der Waals surface area (Å²) < 4.78 is 0. The molecule has 0 saturated heterocycles. The fourth-order valence-electron chi connectivity index (χ4n) is 1.22. The van der Waals surface area contributed by atoms with Crippen molar-refractivity contribution in [3.8, 4) is 0 Å². The molecule has 1 aliphatic rings. The number of rotatable bonds is 3. The van der Waals surface area contributed by atoms with Crippen LogP contribution in [0.25, 0.3) is 0 Å². The molecule has 0 spiro atoms. The van der Waals surface area contributed by atoms with Crippen molar-refractivity contribution in [2.75, 3.05) is 0 Å². The number of hydrogen-bond acceptors (Lipinski definition) is 3. The molecule has 4 heteroatoms. The van der Waals surface area contributed by atoms with E-state index in [1.54, 1.807) is 13.8 Å². The Kier molecular flexibility index (Phi) is 2.60. The second kappa shape index (κ2) is 3.51. The van der Waals surface area contributed by atoms with Gasteiger partial charge in [-0.15, -0.1) is 0 Å². The zero-order valence-electron chi connectivity index (χ0n) is 7.56. The molecule has 1 aliphatic heterocycles. The van der Waals surface area contributed by atoms with Crippen LogP contribution in [0.4, 0.5) is 0 Å². The van der Waals surface area contributed by atoms with Gasteiger partial charge in [0.25, 0.3) is 11.8 Å². The molecule has 0 aromatic heterocycles. The van der Waals surface area contributed by atoms with Crippen LogP contribution in [0.5, 0.6) is 0 Å². The zero-order valence-corrected chi connectivity index (χ0v) is 7.56. The SMILES string of the molecule is CC(C)C(C=O)N1C(=O)C=CC1=O. The lowest BCUT2D eigenvalue weighted by molar-refractivity contribution is -0.143. The van der Waals surface area contributed by atoms with Gasteiger partial charge in [-0.3, -0.25) is 14.5 Å². The van der Waals surface area contributed by atoms with Gasteiger partial charge in [-0.25, -0.2) is 0 Å². The van der Waals surface area contributed by atoms with Crippen molar-refractivity contribution in [2.45, 2.75) is 19.9 Å². The molecule has 0 saturated carbocycles. The summed E-state index contributed by atoms with van der Waals surface area (Å²) in [6, 6.07) is -0.644. The molecule has 0 fully saturated rings. The smallest absolute Gasteiger partial charge is 0.254 e. The summed E-state index contributed by atoms with van der Waals surface area (Å²) in [6.45, 7) is 3.58. The molecule has 0 aromatic carbocycles. The van der Waals surface area contributed by atoms with Crippen LogP contribution in [0.15, 0.2) is 12.2 Å². The number of carbonyl (C=O) groups is 3. The Bertz CT molecular complexity index is 263. The molecule has 1 heterocycles. The van der Waals surface area contributed by atoms with Crippen LogP contribution < -0.4 is 0 Å². The van der Waals surface area contributed by atoms with Crippen LogP contribution in [-0.2, 0) is 14.4 Å². The van der Waals surface area contributed by atoms with E-state index in [-0.39, 0.29) is 5.92 Å². The van der Waals surface area contributed by atoms with Crippen LogP contribution in [0.1, 0.15) is 13.8 Å². The summed E-state index contributed by atoms with van der Waals surface area (Å²) >= 11 is 0. The highest BCUT2D eigenvalue weighted by Gasteiger charge is 2.32. The lowest BCUT2D eigenvalue weighted by Crippen LogP contribution is -2.44. The quantitative estimate of drug-likeness (QED) is 0.459. The second-order valence-electron chi connectivity index (χ2n) is 3.25. The molecule has 0 aliphatic carbocycles. The van der Waals surface area contributed by atoms with Gasteiger partial charge in [-0.05, 0) is 5.92 Å². The zero-order chi connectivity index (χ0) is 10.0. The van der Waals surface area contributed by atoms with Crippen LogP contribution in [0.3, 0.4) is 0 Å². The molecule has 0 aromatic rings. The minimum Gasteiger partial charge on any atom is -0.301 e. The van der Waals surface area contributed by atoms with Gasteiger partial charge in [0, 0.05) is 12.2 Å². The van der Waals surface area contributed by atoms with Crippen molar-refractivity contribution in [3.05, 3.63) is 12.2 Å². The topological polar surface area (TPSA) is 54.5 Å². The number of imide groups is 1. The Morgan fingerprint density at radius 2 is 1.69 bits per heavy atom. The average Bonchev–Trinajstić information content (AvgIpc) is 2.36. The van der Waals surface area contributed by atoms with E-state index in [2.05, 4.69) is 0 Å². The monoisotopic (exact) mass is 181 g/mol. The molecule has 0 bridgehead atoms. The summed E-state index contributed by atoms with van der Waals surface area (Å²) in [5.41, 5.74) is 0. The minimum atomic E-state index is -0.644. The molecule has 1 unspecified atom stereocenters. The number of carbonyl (C=O) groups excluding carboxylic acids is 3. The Hall–Kier alpha value is -1.45. The fourth-order valence-corrected chi connectivity index (χ4v) is 1.22. The Morgan fingerprint density at radius 3 is 2.00 bits per heavy atom. The van der Waals surface area contributed by atoms with Gasteiger partial charge in [0.1, 0.15) is 6.29 Å². The van der Waals surface area contributed by atoms with Crippen molar-refractivity contribution in [1.29, 1.82) is 0 Å². The van der Waals surface area contributed by atoms with Crippen molar-refractivity contribution in [1.82, 2.24) is 4.90 Å². The Labute approximate surface area is 76.2 Å². The van der Waals surface area contributed by atoms with Crippen molar-refractivity contribution >= 4 is 18.1 Å². The first-order valence-electron chi connectivity index (χ1n) is 4.08. The maximum Gasteiger partial charge on any atom is 0.254 e. The molecular weight excluding hydrogens is 170 g/mol. The van der Waals surface area contributed by atoms with E-state index in [0.29, 0.717) is 6.29 Å². The van der Waals surface area contributed by atoms with E-state index < -0.39 is 17.9 Å². The van der Waals surface area contributed by atoms with E-state index >= 15 is 0 Å². The number of aldehydes is 1. The van der Waals surface area contributed by atoms with Gasteiger partial charge in [-0.1, -0.05) is 13.8 Å². The molecule has 70 valence electrons. The highest BCUT2D eigenvalue weighted by atomic mass is 16.2. The minimum absolute atomic E-state index is 0.0506. The van der Waals surface area contributed by atoms with Gasteiger partial charge in [0.15, 0.2) is 0 Å². The van der Waals surface area contributed by atoms with Crippen LogP contribution in [-0.4, -0.2) is 29.0 Å². The molecule has 1 atom stereocenters. The van der Waals surface area contributed by atoms with Gasteiger partial charge in [-0.2, -0.15) is 0 Å². The fraction of sp³-hybridized carbons (Fsp3) is 0.444. The highest BCUT2D eigenvalue weighted by Crippen LogP contribution is 2.14. The molecule has 13 heavy (non-hydrogen) atoms. The largest absolute Gasteiger partial charge is 0.301 e. The molecule has 0 radical (unpaired) electrons. The van der Waals surface area contributed by atoms with E-state index in [0.717, 1.165) is 4.90 Å². The van der Waals surface area contributed by atoms with Gasteiger partial charge in [0.2, 0.25) is 0 Å². The first-order valence-corrected chi connectivity index (χ1v) is 4.08. The summed E-state index contributed by atoms with van der Waals surface area (Å²) in [7, 11) is 0. The first-order chi connectivity index (χ1) is 6.07. The lowest BCUT2D eigenvalue weighted by atomic mass is 10.0. The predicted octanol–water partition coefficient (Wildman–Crippen LogP) is 0.135. The maximum atomic E-state index is 11.1. The third kappa shape index (κ3) is 1.66. The van der Waals surface area contributed by atoms with Gasteiger partial charge >= 0.3 is 0 Å². The molecule has 1 rings (SSSR count). The molecule has 0 N–H and O–H groups in total. The van der Waals surface area contributed by atoms with Crippen LogP contribution in [0.2, 0.25) is 0 Å². The Morgan fingerprint density at radius 1 is 1.23 bits per heavy atom. The second-order valence-corrected chi connectivity index (χ2v) is 3.25. The number of hydrogen-bond donors (Lipinski definition) is 0. The summed E-state index contributed by atoms with van der Waals surface area (Å²) in [4.78, 5) is 33.9. The van der Waals surface area contributed by atoms with E-state index in [1.807, 2.05) is 0 Å². The van der Waals surface area contributed by atoms with E-state index in [1.165, 1.54) is 12.2 Å². The first kappa shape index (κ1) is 9.64. The van der Waals surface area contributed by atoms with Crippen LogP contribution in [0, 0.1) is 5.92 Å². The summed E-state index contributed by atoms with van der Waals surface area (Å²) in [6.07, 6.45) is 3.00. The predicted molar refractivity (Wildman–Crippen MR) is 45.7 cm³/mol. The normalized spacial score (nSPS) is 18.5.